The molecule has 5 nitrogen and oxygen atoms in total. The van der Waals surface area contributed by atoms with Gasteiger partial charge in [0.05, 0.1) is 5.69 Å². The SMILES string of the molecule is Fc1ccc(Nc2nccc(-c3ccnc4[nH]ccc34)n2)cc1. The first-order valence-electron chi connectivity index (χ1n) is 7.08. The lowest BCUT2D eigenvalue weighted by atomic mass is 10.1. The fourth-order valence-electron chi connectivity index (χ4n) is 2.42. The highest BCUT2D eigenvalue weighted by Crippen LogP contribution is 2.26. The van der Waals surface area contributed by atoms with Crippen LogP contribution in [0.5, 0.6) is 0 Å². The van der Waals surface area contributed by atoms with Crippen molar-refractivity contribution in [1.29, 1.82) is 0 Å². The molecule has 2 N–H and O–H groups in total. The second kappa shape index (κ2) is 5.49. The molecule has 0 fully saturated rings. The molecule has 0 bridgehead atoms. The van der Waals surface area contributed by atoms with Crippen LogP contribution in [0.1, 0.15) is 0 Å². The fraction of sp³-hybridized carbons (Fsp3) is 0. The fourth-order valence-corrected chi connectivity index (χ4v) is 2.42. The van der Waals surface area contributed by atoms with Crippen molar-refractivity contribution in [2.24, 2.45) is 0 Å². The van der Waals surface area contributed by atoms with E-state index >= 15 is 0 Å². The highest BCUT2D eigenvalue weighted by molar-refractivity contribution is 5.91. The second-order valence-corrected chi connectivity index (χ2v) is 5.00. The first-order valence-corrected chi connectivity index (χ1v) is 7.08. The van der Waals surface area contributed by atoms with Crippen molar-refractivity contribution in [3.63, 3.8) is 0 Å². The zero-order chi connectivity index (χ0) is 15.6. The van der Waals surface area contributed by atoms with Gasteiger partial charge in [0.1, 0.15) is 11.5 Å². The molecule has 112 valence electrons. The van der Waals surface area contributed by atoms with Gasteiger partial charge in [0, 0.05) is 35.2 Å². The van der Waals surface area contributed by atoms with Crippen molar-refractivity contribution in [3.05, 3.63) is 66.9 Å². The smallest absolute Gasteiger partial charge is 0.227 e. The molecule has 3 aromatic heterocycles. The molecule has 0 atom stereocenters. The summed E-state index contributed by atoms with van der Waals surface area (Å²) in [6.45, 7) is 0. The van der Waals surface area contributed by atoms with Crippen molar-refractivity contribution < 1.29 is 4.39 Å². The number of benzene rings is 1. The highest BCUT2D eigenvalue weighted by atomic mass is 19.1. The number of pyridine rings is 1. The number of nitrogens with one attached hydrogen (secondary N) is 2. The number of hydrogen-bond donors (Lipinski definition) is 2. The second-order valence-electron chi connectivity index (χ2n) is 5.00. The Labute approximate surface area is 131 Å². The molecule has 4 aromatic rings. The van der Waals surface area contributed by atoms with E-state index in [9.17, 15) is 4.39 Å². The van der Waals surface area contributed by atoms with Crippen molar-refractivity contribution in [2.45, 2.75) is 0 Å². The molecule has 0 amide bonds. The van der Waals surface area contributed by atoms with Crippen LogP contribution < -0.4 is 5.32 Å². The molecule has 0 spiro atoms. The first kappa shape index (κ1) is 13.4. The van der Waals surface area contributed by atoms with Gasteiger partial charge in [0.25, 0.3) is 0 Å². The number of aromatic amines is 1. The Balaban J connectivity index is 1.71. The number of H-pyrrole nitrogens is 1. The number of fused-ring (bicyclic) bond motifs is 1. The number of anilines is 2. The van der Waals surface area contributed by atoms with Crippen LogP contribution in [-0.4, -0.2) is 19.9 Å². The van der Waals surface area contributed by atoms with Crippen LogP contribution in [0.15, 0.2) is 61.1 Å². The summed E-state index contributed by atoms with van der Waals surface area (Å²) in [4.78, 5) is 16.1. The standard InChI is InChI=1S/C17H12FN5/c18-11-1-3-12(4-2-11)22-17-21-10-7-15(23-17)13-5-8-19-16-14(13)6-9-20-16/h1-10H,(H,19,20)(H,21,22,23). The molecule has 0 saturated heterocycles. The van der Waals surface area contributed by atoms with Crippen LogP contribution >= 0.6 is 0 Å². The lowest BCUT2D eigenvalue weighted by Crippen LogP contribution is -1.98. The molecule has 0 unspecified atom stereocenters. The lowest BCUT2D eigenvalue weighted by Gasteiger charge is -2.07. The average Bonchev–Trinajstić information content (AvgIpc) is 3.06. The Kier molecular flexibility index (Phi) is 3.20. The van der Waals surface area contributed by atoms with E-state index in [1.807, 2.05) is 24.4 Å². The van der Waals surface area contributed by atoms with Gasteiger partial charge in [-0.1, -0.05) is 0 Å². The van der Waals surface area contributed by atoms with E-state index in [4.69, 9.17) is 0 Å². The van der Waals surface area contributed by atoms with Crippen molar-refractivity contribution in [3.8, 4) is 11.3 Å². The maximum Gasteiger partial charge on any atom is 0.227 e. The largest absolute Gasteiger partial charge is 0.346 e. The van der Waals surface area contributed by atoms with E-state index in [-0.39, 0.29) is 5.82 Å². The molecule has 0 saturated carbocycles. The van der Waals surface area contributed by atoms with Gasteiger partial charge in [-0.2, -0.15) is 0 Å². The minimum atomic E-state index is -0.281. The number of aromatic nitrogens is 4. The van der Waals surface area contributed by atoms with Crippen LogP contribution in [0.4, 0.5) is 16.0 Å². The van der Waals surface area contributed by atoms with E-state index < -0.39 is 0 Å². The first-order chi connectivity index (χ1) is 11.3. The van der Waals surface area contributed by atoms with Crippen LogP contribution in [0.25, 0.3) is 22.3 Å². The summed E-state index contributed by atoms with van der Waals surface area (Å²) < 4.78 is 13.0. The maximum atomic E-state index is 13.0. The zero-order valence-electron chi connectivity index (χ0n) is 12.0. The highest BCUT2D eigenvalue weighted by Gasteiger charge is 2.08. The van der Waals surface area contributed by atoms with Gasteiger partial charge in [0.2, 0.25) is 5.95 Å². The summed E-state index contributed by atoms with van der Waals surface area (Å²) in [5.74, 6) is 0.173. The molecule has 4 rings (SSSR count). The van der Waals surface area contributed by atoms with Crippen LogP contribution in [0, 0.1) is 5.82 Å². The molecule has 23 heavy (non-hydrogen) atoms. The Morgan fingerprint density at radius 3 is 2.61 bits per heavy atom. The third kappa shape index (κ3) is 2.62. The summed E-state index contributed by atoms with van der Waals surface area (Å²) in [5.41, 5.74) is 3.30. The number of halogens is 1. The Hall–Kier alpha value is -3.28. The number of rotatable bonds is 3. The molecule has 0 aliphatic carbocycles. The maximum absolute atomic E-state index is 13.0. The molecule has 0 aliphatic heterocycles. The van der Waals surface area contributed by atoms with Crippen molar-refractivity contribution in [1.82, 2.24) is 19.9 Å². The predicted octanol–water partition coefficient (Wildman–Crippen LogP) is 3.90. The van der Waals surface area contributed by atoms with E-state index in [0.29, 0.717) is 5.95 Å². The average molecular weight is 305 g/mol. The predicted molar refractivity (Wildman–Crippen MR) is 86.8 cm³/mol. The third-order valence-electron chi connectivity index (χ3n) is 3.49. The molecule has 6 heteroatoms. The molecule has 0 aliphatic rings. The van der Waals surface area contributed by atoms with Crippen LogP contribution in [0.2, 0.25) is 0 Å². The third-order valence-corrected chi connectivity index (χ3v) is 3.49. The lowest BCUT2D eigenvalue weighted by molar-refractivity contribution is 0.628. The van der Waals surface area contributed by atoms with Gasteiger partial charge in [-0.15, -0.1) is 0 Å². The number of nitrogens with zero attached hydrogens (tertiary/aromatic N) is 3. The molecule has 1 aromatic carbocycles. The van der Waals surface area contributed by atoms with Gasteiger partial charge in [0.15, 0.2) is 0 Å². The van der Waals surface area contributed by atoms with Gasteiger partial charge >= 0.3 is 0 Å². The van der Waals surface area contributed by atoms with Crippen molar-refractivity contribution >= 4 is 22.7 Å². The number of hydrogen-bond acceptors (Lipinski definition) is 4. The summed E-state index contributed by atoms with van der Waals surface area (Å²) in [6, 6.07) is 11.8. The van der Waals surface area contributed by atoms with E-state index in [1.54, 1.807) is 24.5 Å². The minimum absolute atomic E-state index is 0.281. The van der Waals surface area contributed by atoms with E-state index in [2.05, 4.69) is 25.3 Å². The minimum Gasteiger partial charge on any atom is -0.346 e. The zero-order valence-corrected chi connectivity index (χ0v) is 12.0. The van der Waals surface area contributed by atoms with Gasteiger partial charge in [-0.25, -0.2) is 19.3 Å². The van der Waals surface area contributed by atoms with Crippen LogP contribution in [-0.2, 0) is 0 Å². The Morgan fingerprint density at radius 1 is 0.913 bits per heavy atom. The molecular formula is C17H12FN5. The van der Waals surface area contributed by atoms with E-state index in [1.165, 1.54) is 12.1 Å². The summed E-state index contributed by atoms with van der Waals surface area (Å²) in [7, 11) is 0. The molecule has 3 heterocycles. The van der Waals surface area contributed by atoms with E-state index in [0.717, 1.165) is 28.0 Å². The summed E-state index contributed by atoms with van der Waals surface area (Å²) in [5, 5.41) is 4.07. The normalized spacial score (nSPS) is 10.8. The Bertz CT molecular complexity index is 962. The Morgan fingerprint density at radius 2 is 1.74 bits per heavy atom. The molecule has 0 radical (unpaired) electrons. The molecular weight excluding hydrogens is 293 g/mol. The monoisotopic (exact) mass is 305 g/mol. The topological polar surface area (TPSA) is 66.5 Å². The van der Waals surface area contributed by atoms with Crippen LogP contribution in [0.3, 0.4) is 0 Å². The quantitative estimate of drug-likeness (QED) is 0.602. The van der Waals surface area contributed by atoms with Crippen molar-refractivity contribution in [2.75, 3.05) is 5.32 Å². The summed E-state index contributed by atoms with van der Waals surface area (Å²) in [6.07, 6.45) is 5.27. The van der Waals surface area contributed by atoms with Gasteiger partial charge in [-0.05, 0) is 42.5 Å². The summed E-state index contributed by atoms with van der Waals surface area (Å²) >= 11 is 0. The van der Waals surface area contributed by atoms with Gasteiger partial charge < -0.3 is 10.3 Å². The van der Waals surface area contributed by atoms with Gasteiger partial charge in [-0.3, -0.25) is 0 Å².